The molecule has 0 aromatic carbocycles. The van der Waals surface area contributed by atoms with Gasteiger partial charge in [0, 0.05) is 21.9 Å². The molecule has 0 heterocycles. The average Bonchev–Trinajstić information content (AvgIpc) is 1.65. The highest BCUT2D eigenvalue weighted by Crippen LogP contribution is 1.68. The van der Waals surface area contributed by atoms with E-state index in [0.717, 1.165) is 0 Å². The first-order chi connectivity index (χ1) is 2.81. The van der Waals surface area contributed by atoms with Crippen LogP contribution in [0.3, 0.4) is 0 Å². The molecule has 3 radical (unpaired) electrons. The lowest BCUT2D eigenvalue weighted by molar-refractivity contribution is -0.120. The van der Waals surface area contributed by atoms with Crippen LogP contribution in [0.5, 0.6) is 0 Å². The van der Waals surface area contributed by atoms with Crippen LogP contribution < -0.4 is 5.32 Å². The molecule has 39 valence electrons. The molecule has 0 aromatic heterocycles. The summed E-state index contributed by atoms with van der Waals surface area (Å²) in [4.78, 5) is 10.1. The smallest absolute Gasteiger partial charge is 0.219 e. The molecule has 0 bridgehead atoms. The fourth-order valence-electron chi connectivity index (χ4n) is 0.177. The van der Waals surface area contributed by atoms with Crippen LogP contribution in [-0.2, 0) is 4.79 Å². The van der Waals surface area contributed by atoms with Crippen LogP contribution in [0, 0.1) is 0 Å². The molecule has 2 nitrogen and oxygen atoms in total. The predicted octanol–water partition coefficient (Wildman–Crippen LogP) is -0.238. The van der Waals surface area contributed by atoms with Crippen LogP contribution in [0.25, 0.3) is 0 Å². The second kappa shape index (κ2) is 5.53. The molecule has 0 aromatic rings. The normalized spacial score (nSPS) is 6.57. The molecule has 0 aliphatic carbocycles. The lowest BCUT2D eigenvalue weighted by Gasteiger charge is -1.87. The number of hydrogen-bond donors (Lipinski definition) is 1. The minimum absolute atomic E-state index is 0. The van der Waals surface area contributed by atoms with Crippen LogP contribution in [0.4, 0.5) is 0 Å². The largest absolute Gasteiger partial charge is 0.359 e. The third-order valence-corrected chi connectivity index (χ3v) is 0.600. The van der Waals surface area contributed by atoms with Crippen molar-refractivity contribution in [3.8, 4) is 0 Å². The lowest BCUT2D eigenvalue weighted by atomic mass is 10.5. The first-order valence-electron chi connectivity index (χ1n) is 2.01. The van der Waals surface area contributed by atoms with Gasteiger partial charge in [-0.2, -0.15) is 0 Å². The highest BCUT2D eigenvalue weighted by atomic mass is 16.1. The molecule has 0 fully saturated rings. The topological polar surface area (TPSA) is 29.1 Å². The molecule has 0 saturated heterocycles. The van der Waals surface area contributed by atoms with Crippen molar-refractivity contribution in [1.29, 1.82) is 0 Å². The molecule has 0 spiro atoms. The van der Waals surface area contributed by atoms with Crippen molar-refractivity contribution in [3.05, 3.63) is 0 Å². The zero-order valence-electron chi connectivity index (χ0n) is 4.69. The fraction of sp³-hybridized carbons (Fsp3) is 0.750. The molecule has 0 aliphatic heterocycles. The molecule has 0 saturated carbocycles. The molecule has 0 unspecified atom stereocenters. The van der Waals surface area contributed by atoms with Gasteiger partial charge in [0.1, 0.15) is 0 Å². The van der Waals surface area contributed by atoms with Crippen molar-refractivity contribution in [2.45, 2.75) is 13.3 Å². The van der Waals surface area contributed by atoms with E-state index >= 15 is 0 Å². The number of rotatable bonds is 1. The van der Waals surface area contributed by atoms with Gasteiger partial charge in [0.15, 0.2) is 0 Å². The lowest BCUT2D eigenvalue weighted by Crippen LogP contribution is -2.15. The Bertz CT molecular complexity index is 49.7. The molecule has 7 heavy (non-hydrogen) atoms. The minimum Gasteiger partial charge on any atom is -0.359 e. The van der Waals surface area contributed by atoms with Crippen molar-refractivity contribution in [3.63, 3.8) is 0 Å². The Balaban J connectivity index is 0. The van der Waals surface area contributed by atoms with E-state index in [1.165, 1.54) is 0 Å². The monoisotopic (exact) mass is 98.1 g/mol. The van der Waals surface area contributed by atoms with Crippen molar-refractivity contribution in [1.82, 2.24) is 5.32 Å². The van der Waals surface area contributed by atoms with Crippen molar-refractivity contribution in [2.24, 2.45) is 0 Å². The number of amides is 1. The van der Waals surface area contributed by atoms with Crippen LogP contribution in [0.1, 0.15) is 13.3 Å². The van der Waals surface area contributed by atoms with Gasteiger partial charge in [-0.15, -0.1) is 0 Å². The average molecular weight is 97.9 g/mol. The van der Waals surface area contributed by atoms with E-state index < -0.39 is 0 Å². The van der Waals surface area contributed by atoms with Crippen LogP contribution in [0.2, 0.25) is 0 Å². The van der Waals surface area contributed by atoms with Gasteiger partial charge in [-0.3, -0.25) is 4.79 Å². The maximum Gasteiger partial charge on any atom is 0.219 e. The Labute approximate surface area is 45.9 Å². The fourth-order valence-corrected chi connectivity index (χ4v) is 0.177. The number of nitrogens with one attached hydrogen (secondary N) is 1. The van der Waals surface area contributed by atoms with Crippen LogP contribution >= 0.6 is 0 Å². The SMILES string of the molecule is CCC(=O)NC.[B]. The van der Waals surface area contributed by atoms with E-state index in [4.69, 9.17) is 0 Å². The van der Waals surface area contributed by atoms with Gasteiger partial charge in [-0.05, 0) is 0 Å². The standard InChI is InChI=1S/C4H9NO.B/c1-3-4(6)5-2;/h3H2,1-2H3,(H,5,6);. The van der Waals surface area contributed by atoms with E-state index in [9.17, 15) is 4.79 Å². The Hall–Kier alpha value is -0.465. The third kappa shape index (κ3) is 5.53. The number of carbonyl (C=O) groups is 1. The Kier molecular flexibility index (Phi) is 7.70. The summed E-state index contributed by atoms with van der Waals surface area (Å²) >= 11 is 0. The molecule has 0 rings (SSSR count). The summed E-state index contributed by atoms with van der Waals surface area (Å²) < 4.78 is 0. The van der Waals surface area contributed by atoms with Crippen molar-refractivity contribution < 1.29 is 4.79 Å². The van der Waals surface area contributed by atoms with E-state index in [0.29, 0.717) is 6.42 Å². The third-order valence-electron chi connectivity index (χ3n) is 0.600. The summed E-state index contributed by atoms with van der Waals surface area (Å²) in [6.45, 7) is 1.82. The summed E-state index contributed by atoms with van der Waals surface area (Å²) in [5, 5.41) is 2.48. The highest BCUT2D eigenvalue weighted by Gasteiger charge is 1.84. The Morgan fingerprint density at radius 3 is 2.14 bits per heavy atom. The van der Waals surface area contributed by atoms with Crippen LogP contribution in [0.15, 0.2) is 0 Å². The summed E-state index contributed by atoms with van der Waals surface area (Å²) in [6, 6.07) is 0. The van der Waals surface area contributed by atoms with Crippen molar-refractivity contribution >= 4 is 14.3 Å². The molecule has 3 heteroatoms. The van der Waals surface area contributed by atoms with Gasteiger partial charge in [-0.1, -0.05) is 6.92 Å². The van der Waals surface area contributed by atoms with E-state index in [-0.39, 0.29) is 14.3 Å². The molecule has 0 aliphatic rings. The van der Waals surface area contributed by atoms with Gasteiger partial charge in [-0.25, -0.2) is 0 Å². The number of carbonyl (C=O) groups excluding carboxylic acids is 1. The summed E-state index contributed by atoms with van der Waals surface area (Å²) in [7, 11) is 1.63. The molecular weight excluding hydrogens is 88.9 g/mol. The first-order valence-corrected chi connectivity index (χ1v) is 2.01. The minimum atomic E-state index is 0. The summed E-state index contributed by atoms with van der Waals surface area (Å²) in [6.07, 6.45) is 0.580. The second-order valence-electron chi connectivity index (χ2n) is 1.03. The van der Waals surface area contributed by atoms with E-state index in [1.54, 1.807) is 7.05 Å². The molecule has 0 atom stereocenters. The summed E-state index contributed by atoms with van der Waals surface area (Å²) in [5.74, 6) is 0.0926. The predicted molar refractivity (Wildman–Crippen MR) is 30.1 cm³/mol. The molecule has 1 amide bonds. The first kappa shape index (κ1) is 9.73. The van der Waals surface area contributed by atoms with E-state index in [1.807, 2.05) is 6.92 Å². The maximum absolute atomic E-state index is 10.1. The highest BCUT2D eigenvalue weighted by molar-refractivity contribution is 5.75. The van der Waals surface area contributed by atoms with Gasteiger partial charge in [0.05, 0.1) is 0 Å². The van der Waals surface area contributed by atoms with Gasteiger partial charge < -0.3 is 5.32 Å². The van der Waals surface area contributed by atoms with Gasteiger partial charge in [0.25, 0.3) is 0 Å². The van der Waals surface area contributed by atoms with Gasteiger partial charge >= 0.3 is 0 Å². The van der Waals surface area contributed by atoms with Crippen LogP contribution in [-0.4, -0.2) is 21.4 Å². The Morgan fingerprint density at radius 2 is 2.14 bits per heavy atom. The molecule has 1 N–H and O–H groups in total. The zero-order chi connectivity index (χ0) is 4.99. The maximum atomic E-state index is 10.1. The van der Waals surface area contributed by atoms with Gasteiger partial charge in [0.2, 0.25) is 5.91 Å². The van der Waals surface area contributed by atoms with E-state index in [2.05, 4.69) is 5.32 Å². The second-order valence-corrected chi connectivity index (χ2v) is 1.03. The zero-order valence-corrected chi connectivity index (χ0v) is 4.69. The number of hydrogen-bond acceptors (Lipinski definition) is 1. The summed E-state index contributed by atoms with van der Waals surface area (Å²) in [5.41, 5.74) is 0. The van der Waals surface area contributed by atoms with Crippen molar-refractivity contribution in [2.75, 3.05) is 7.05 Å². The Morgan fingerprint density at radius 1 is 1.71 bits per heavy atom. The quantitative estimate of drug-likeness (QED) is 0.450. The molecular formula is C4H9BNO.